The maximum atomic E-state index is 11.5. The van der Waals surface area contributed by atoms with E-state index < -0.39 is 5.97 Å². The molecular formula is C11H8ClNO3. The van der Waals surface area contributed by atoms with Crippen LogP contribution in [0.2, 0.25) is 5.02 Å². The molecule has 2 aromatic rings. The van der Waals surface area contributed by atoms with Gasteiger partial charge in [-0.05, 0) is 18.2 Å². The summed E-state index contributed by atoms with van der Waals surface area (Å²) in [4.78, 5) is 22.5. The van der Waals surface area contributed by atoms with E-state index in [0.29, 0.717) is 15.9 Å². The molecule has 0 aliphatic carbocycles. The maximum Gasteiger partial charge on any atom is 0.336 e. The predicted octanol–water partition coefficient (Wildman–Crippen LogP) is 1.89. The van der Waals surface area contributed by atoms with Crippen LogP contribution in [0.3, 0.4) is 0 Å². The zero-order valence-electron chi connectivity index (χ0n) is 8.40. The van der Waals surface area contributed by atoms with Gasteiger partial charge in [0.1, 0.15) is 0 Å². The Labute approximate surface area is 95.7 Å². The lowest BCUT2D eigenvalue weighted by Crippen LogP contribution is -2.18. The topological polar surface area (TPSA) is 59.3 Å². The van der Waals surface area contributed by atoms with E-state index in [1.165, 1.54) is 4.57 Å². The number of halogens is 1. The molecule has 0 saturated heterocycles. The van der Waals surface area contributed by atoms with Crippen LogP contribution in [0.4, 0.5) is 0 Å². The second-order valence-electron chi connectivity index (χ2n) is 3.42. The number of carboxylic acids is 1. The number of carboxylic acid groups (broad SMARTS) is 1. The Balaban J connectivity index is 3.01. The minimum Gasteiger partial charge on any atom is -0.478 e. The highest BCUT2D eigenvalue weighted by atomic mass is 35.5. The van der Waals surface area contributed by atoms with Gasteiger partial charge in [0.15, 0.2) is 0 Å². The van der Waals surface area contributed by atoms with Crippen LogP contribution in [0.25, 0.3) is 10.9 Å². The van der Waals surface area contributed by atoms with Crippen LogP contribution in [-0.2, 0) is 7.05 Å². The zero-order chi connectivity index (χ0) is 11.9. The summed E-state index contributed by atoms with van der Waals surface area (Å²) in [5.41, 5.74) is 0.169. The van der Waals surface area contributed by atoms with E-state index in [-0.39, 0.29) is 11.1 Å². The van der Waals surface area contributed by atoms with Crippen LogP contribution in [-0.4, -0.2) is 15.6 Å². The number of pyridine rings is 1. The van der Waals surface area contributed by atoms with Gasteiger partial charge in [-0.15, -0.1) is 0 Å². The predicted molar refractivity (Wildman–Crippen MR) is 61.2 cm³/mol. The van der Waals surface area contributed by atoms with Crippen molar-refractivity contribution >= 4 is 28.5 Å². The van der Waals surface area contributed by atoms with Crippen LogP contribution < -0.4 is 5.56 Å². The number of aromatic nitrogens is 1. The van der Waals surface area contributed by atoms with E-state index >= 15 is 0 Å². The molecule has 0 radical (unpaired) electrons. The first-order chi connectivity index (χ1) is 7.50. The van der Waals surface area contributed by atoms with E-state index in [9.17, 15) is 9.59 Å². The molecule has 4 nitrogen and oxygen atoms in total. The summed E-state index contributed by atoms with van der Waals surface area (Å²) >= 11 is 5.81. The summed E-state index contributed by atoms with van der Waals surface area (Å²) in [6, 6.07) is 5.89. The Morgan fingerprint density at radius 2 is 2.06 bits per heavy atom. The molecule has 1 N–H and O–H groups in total. The molecule has 16 heavy (non-hydrogen) atoms. The highest BCUT2D eigenvalue weighted by Crippen LogP contribution is 2.21. The SMILES string of the molecule is Cn1c(=O)cc(C(=O)O)c2cc(Cl)ccc21. The van der Waals surface area contributed by atoms with Crippen LogP contribution in [0.5, 0.6) is 0 Å². The fourth-order valence-electron chi connectivity index (χ4n) is 1.61. The van der Waals surface area contributed by atoms with Gasteiger partial charge in [0, 0.05) is 23.5 Å². The largest absolute Gasteiger partial charge is 0.478 e. The Hall–Kier alpha value is -1.81. The van der Waals surface area contributed by atoms with Crippen molar-refractivity contribution in [2.24, 2.45) is 7.05 Å². The highest BCUT2D eigenvalue weighted by molar-refractivity contribution is 6.31. The van der Waals surface area contributed by atoms with Crippen molar-refractivity contribution in [2.75, 3.05) is 0 Å². The smallest absolute Gasteiger partial charge is 0.336 e. The number of carbonyl (C=O) groups is 1. The molecule has 1 aromatic carbocycles. The van der Waals surface area contributed by atoms with E-state index in [0.717, 1.165) is 6.07 Å². The van der Waals surface area contributed by atoms with Gasteiger partial charge in [-0.3, -0.25) is 4.79 Å². The molecule has 0 bridgehead atoms. The average Bonchev–Trinajstić information content (AvgIpc) is 2.22. The summed E-state index contributed by atoms with van der Waals surface area (Å²) in [5, 5.41) is 9.90. The number of rotatable bonds is 1. The molecule has 0 unspecified atom stereocenters. The molecule has 5 heteroatoms. The highest BCUT2D eigenvalue weighted by Gasteiger charge is 2.12. The first kappa shape index (κ1) is 10.7. The van der Waals surface area contributed by atoms with E-state index in [1.54, 1.807) is 25.2 Å². The molecule has 0 fully saturated rings. The normalized spacial score (nSPS) is 10.6. The number of aryl methyl sites for hydroxylation is 1. The van der Waals surface area contributed by atoms with Crippen molar-refractivity contribution in [2.45, 2.75) is 0 Å². The first-order valence-electron chi connectivity index (χ1n) is 4.53. The fraction of sp³-hybridized carbons (Fsp3) is 0.0909. The van der Waals surface area contributed by atoms with Crippen LogP contribution in [0.1, 0.15) is 10.4 Å². The zero-order valence-corrected chi connectivity index (χ0v) is 9.15. The molecule has 0 saturated carbocycles. The molecule has 0 aliphatic rings. The van der Waals surface area contributed by atoms with Crippen LogP contribution in [0.15, 0.2) is 29.1 Å². The third-order valence-corrected chi connectivity index (χ3v) is 2.67. The third kappa shape index (κ3) is 1.57. The quantitative estimate of drug-likeness (QED) is 0.824. The summed E-state index contributed by atoms with van der Waals surface area (Å²) in [5.74, 6) is -1.13. The van der Waals surface area contributed by atoms with Gasteiger partial charge in [-0.2, -0.15) is 0 Å². The van der Waals surface area contributed by atoms with Crippen molar-refractivity contribution < 1.29 is 9.90 Å². The number of nitrogens with zero attached hydrogens (tertiary/aromatic N) is 1. The van der Waals surface area contributed by atoms with Gasteiger partial charge in [0.05, 0.1) is 11.1 Å². The Morgan fingerprint density at radius 1 is 1.38 bits per heavy atom. The minimum atomic E-state index is -1.13. The van der Waals surface area contributed by atoms with Gasteiger partial charge < -0.3 is 9.67 Å². The van der Waals surface area contributed by atoms with Gasteiger partial charge in [0.2, 0.25) is 0 Å². The molecular weight excluding hydrogens is 230 g/mol. The van der Waals surface area contributed by atoms with Crippen LogP contribution in [0, 0.1) is 0 Å². The monoisotopic (exact) mass is 237 g/mol. The summed E-state index contributed by atoms with van der Waals surface area (Å²) in [6.07, 6.45) is 0. The number of benzene rings is 1. The van der Waals surface area contributed by atoms with E-state index in [1.807, 2.05) is 0 Å². The number of aromatic carboxylic acids is 1. The van der Waals surface area contributed by atoms with Gasteiger partial charge in [-0.25, -0.2) is 4.79 Å². The number of hydrogen-bond donors (Lipinski definition) is 1. The maximum absolute atomic E-state index is 11.5. The first-order valence-corrected chi connectivity index (χ1v) is 4.91. The van der Waals surface area contributed by atoms with Crippen molar-refractivity contribution in [1.82, 2.24) is 4.57 Å². The molecule has 1 heterocycles. The van der Waals surface area contributed by atoms with Crippen LogP contribution >= 0.6 is 11.6 Å². The summed E-state index contributed by atoms with van der Waals surface area (Å²) in [7, 11) is 1.59. The average molecular weight is 238 g/mol. The molecule has 0 amide bonds. The molecule has 0 atom stereocenters. The molecule has 2 rings (SSSR count). The lowest BCUT2D eigenvalue weighted by Gasteiger charge is -2.07. The molecule has 0 spiro atoms. The molecule has 1 aromatic heterocycles. The summed E-state index contributed by atoms with van der Waals surface area (Å²) in [6.45, 7) is 0. The van der Waals surface area contributed by atoms with E-state index in [2.05, 4.69) is 0 Å². The minimum absolute atomic E-state index is 0.0272. The van der Waals surface area contributed by atoms with E-state index in [4.69, 9.17) is 16.7 Å². The van der Waals surface area contributed by atoms with Crippen molar-refractivity contribution in [3.05, 3.63) is 45.2 Å². The Morgan fingerprint density at radius 3 is 2.69 bits per heavy atom. The molecule has 82 valence electrons. The second kappa shape index (κ2) is 3.64. The number of fused-ring (bicyclic) bond motifs is 1. The lowest BCUT2D eigenvalue weighted by molar-refractivity contribution is 0.0699. The third-order valence-electron chi connectivity index (χ3n) is 2.44. The second-order valence-corrected chi connectivity index (χ2v) is 3.86. The standard InChI is InChI=1S/C11H8ClNO3/c1-13-9-3-2-6(12)4-7(9)8(11(15)16)5-10(13)14/h2-5H,1H3,(H,15,16). The van der Waals surface area contributed by atoms with Gasteiger partial charge in [0.25, 0.3) is 5.56 Å². The van der Waals surface area contributed by atoms with Crippen molar-refractivity contribution in [3.8, 4) is 0 Å². The van der Waals surface area contributed by atoms with Gasteiger partial charge >= 0.3 is 5.97 Å². The Bertz CT molecular complexity index is 645. The fourth-order valence-corrected chi connectivity index (χ4v) is 1.78. The van der Waals surface area contributed by atoms with Gasteiger partial charge in [-0.1, -0.05) is 11.6 Å². The van der Waals surface area contributed by atoms with Crippen molar-refractivity contribution in [3.63, 3.8) is 0 Å². The Kier molecular flexibility index (Phi) is 2.44. The molecule has 0 aliphatic heterocycles. The number of hydrogen-bond acceptors (Lipinski definition) is 2. The summed E-state index contributed by atoms with van der Waals surface area (Å²) < 4.78 is 1.39. The lowest BCUT2D eigenvalue weighted by atomic mass is 10.1. The van der Waals surface area contributed by atoms with Crippen molar-refractivity contribution in [1.29, 1.82) is 0 Å².